The third-order valence-electron chi connectivity index (χ3n) is 3.68. The first kappa shape index (κ1) is 21.0. The summed E-state index contributed by atoms with van der Waals surface area (Å²) in [5, 5.41) is 3.08. The number of rotatable bonds is 8. The number of nitrogens with two attached hydrogens (primary N) is 1. The molecule has 0 saturated carbocycles. The number of halogens is 1. The zero-order chi connectivity index (χ0) is 16.3. The fourth-order valence-electron chi connectivity index (χ4n) is 2.43. The van der Waals surface area contributed by atoms with Crippen molar-refractivity contribution in [2.24, 2.45) is 10.7 Å². The number of morpholine rings is 1. The van der Waals surface area contributed by atoms with E-state index in [2.05, 4.69) is 15.2 Å². The Labute approximate surface area is 161 Å². The Kier molecular flexibility index (Phi) is 10.8. The number of guanidine groups is 1. The molecule has 7 heteroatoms. The van der Waals surface area contributed by atoms with E-state index in [0.717, 1.165) is 51.6 Å². The van der Waals surface area contributed by atoms with Crippen LogP contribution in [-0.4, -0.2) is 63.4 Å². The molecule has 1 aromatic rings. The normalized spacial score (nSPS) is 15.6. The van der Waals surface area contributed by atoms with E-state index in [1.165, 1.54) is 5.56 Å². The average Bonchev–Trinajstić information content (AvgIpc) is 2.57. The second kappa shape index (κ2) is 12.3. The van der Waals surface area contributed by atoms with Gasteiger partial charge in [0.2, 0.25) is 0 Å². The molecule has 1 saturated heterocycles. The summed E-state index contributed by atoms with van der Waals surface area (Å²) in [4.78, 5) is 6.74. The number of aliphatic imine (C=N–C) groups is 1. The molecule has 0 radical (unpaired) electrons. The maximum absolute atomic E-state index is 5.85. The smallest absolute Gasteiger partial charge is 0.188 e. The summed E-state index contributed by atoms with van der Waals surface area (Å²) < 4.78 is 11.0. The van der Waals surface area contributed by atoms with Crippen LogP contribution in [0.1, 0.15) is 12.0 Å². The Bertz CT molecular complexity index is 493. The first-order valence-corrected chi connectivity index (χ1v) is 8.27. The molecule has 1 heterocycles. The summed E-state index contributed by atoms with van der Waals surface area (Å²) in [5.74, 6) is 1.37. The van der Waals surface area contributed by atoms with Crippen molar-refractivity contribution >= 4 is 29.9 Å². The minimum Gasteiger partial charge on any atom is -0.492 e. The molecule has 1 aliphatic heterocycles. The standard InChI is InChI=1S/C17H28N4O2.HI/c1-15-4-2-5-16(14-15)23-11-7-20-17(18)19-6-3-8-21-9-12-22-13-10-21;/h2,4-5,14H,3,6-13H2,1H3,(H3,18,19,20);1H. The third kappa shape index (κ3) is 8.70. The Hall–Kier alpha value is -1.06. The van der Waals surface area contributed by atoms with Gasteiger partial charge in [-0.3, -0.25) is 9.89 Å². The predicted octanol–water partition coefficient (Wildman–Crippen LogP) is 1.62. The first-order valence-electron chi connectivity index (χ1n) is 8.27. The van der Waals surface area contributed by atoms with E-state index < -0.39 is 0 Å². The number of nitrogens with zero attached hydrogens (tertiary/aromatic N) is 2. The van der Waals surface area contributed by atoms with Crippen LogP contribution >= 0.6 is 24.0 Å². The summed E-state index contributed by atoms with van der Waals surface area (Å²) in [6, 6.07) is 8.01. The van der Waals surface area contributed by atoms with Gasteiger partial charge in [-0.15, -0.1) is 24.0 Å². The number of ether oxygens (including phenoxy) is 2. The molecule has 24 heavy (non-hydrogen) atoms. The predicted molar refractivity (Wildman–Crippen MR) is 108 cm³/mol. The molecule has 136 valence electrons. The van der Waals surface area contributed by atoms with Gasteiger partial charge in [0, 0.05) is 26.2 Å². The van der Waals surface area contributed by atoms with E-state index in [1.54, 1.807) is 0 Å². The highest BCUT2D eigenvalue weighted by Crippen LogP contribution is 2.11. The van der Waals surface area contributed by atoms with Gasteiger partial charge in [0.25, 0.3) is 0 Å². The van der Waals surface area contributed by atoms with Crippen LogP contribution in [0.5, 0.6) is 5.75 Å². The van der Waals surface area contributed by atoms with Crippen molar-refractivity contribution in [1.82, 2.24) is 10.2 Å². The lowest BCUT2D eigenvalue weighted by molar-refractivity contribution is 0.0377. The number of benzene rings is 1. The van der Waals surface area contributed by atoms with E-state index in [4.69, 9.17) is 15.2 Å². The van der Waals surface area contributed by atoms with Crippen LogP contribution < -0.4 is 15.8 Å². The molecular weight excluding hydrogens is 419 g/mol. The molecule has 0 aromatic heterocycles. The van der Waals surface area contributed by atoms with Crippen LogP contribution in [0.15, 0.2) is 29.3 Å². The SMILES string of the molecule is Cc1cccc(OCCNC(N)=NCCCN2CCOCC2)c1.I. The fourth-order valence-corrected chi connectivity index (χ4v) is 2.43. The van der Waals surface area contributed by atoms with E-state index in [-0.39, 0.29) is 24.0 Å². The van der Waals surface area contributed by atoms with Gasteiger partial charge in [0.15, 0.2) is 5.96 Å². The lowest BCUT2D eigenvalue weighted by atomic mass is 10.2. The molecule has 0 aliphatic carbocycles. The van der Waals surface area contributed by atoms with E-state index in [1.807, 2.05) is 31.2 Å². The van der Waals surface area contributed by atoms with Crippen molar-refractivity contribution in [2.45, 2.75) is 13.3 Å². The second-order valence-corrected chi connectivity index (χ2v) is 5.67. The minimum atomic E-state index is 0. The molecule has 0 bridgehead atoms. The highest BCUT2D eigenvalue weighted by molar-refractivity contribution is 14.0. The molecule has 6 nitrogen and oxygen atoms in total. The van der Waals surface area contributed by atoms with Gasteiger partial charge < -0.3 is 20.5 Å². The summed E-state index contributed by atoms with van der Waals surface area (Å²) in [7, 11) is 0. The van der Waals surface area contributed by atoms with Crippen LogP contribution in [0, 0.1) is 6.92 Å². The zero-order valence-electron chi connectivity index (χ0n) is 14.4. The molecule has 2 rings (SSSR count). The van der Waals surface area contributed by atoms with Crippen molar-refractivity contribution < 1.29 is 9.47 Å². The van der Waals surface area contributed by atoms with Gasteiger partial charge in [0.1, 0.15) is 12.4 Å². The quantitative estimate of drug-likeness (QED) is 0.274. The van der Waals surface area contributed by atoms with Gasteiger partial charge in [-0.2, -0.15) is 0 Å². The molecule has 3 N–H and O–H groups in total. The third-order valence-corrected chi connectivity index (χ3v) is 3.68. The van der Waals surface area contributed by atoms with Gasteiger partial charge >= 0.3 is 0 Å². The van der Waals surface area contributed by atoms with Gasteiger partial charge in [-0.1, -0.05) is 12.1 Å². The number of aryl methyl sites for hydroxylation is 1. The lowest BCUT2D eigenvalue weighted by Gasteiger charge is -2.26. The Morgan fingerprint density at radius 2 is 2.17 bits per heavy atom. The van der Waals surface area contributed by atoms with Gasteiger partial charge in [0.05, 0.1) is 19.8 Å². The van der Waals surface area contributed by atoms with Crippen LogP contribution in [-0.2, 0) is 4.74 Å². The van der Waals surface area contributed by atoms with E-state index in [9.17, 15) is 0 Å². The summed E-state index contributed by atoms with van der Waals surface area (Å²) >= 11 is 0. The number of nitrogens with one attached hydrogen (secondary N) is 1. The lowest BCUT2D eigenvalue weighted by Crippen LogP contribution is -2.37. The maximum Gasteiger partial charge on any atom is 0.188 e. The van der Waals surface area contributed by atoms with Crippen molar-refractivity contribution in [3.63, 3.8) is 0 Å². The molecule has 0 unspecified atom stereocenters. The van der Waals surface area contributed by atoms with Gasteiger partial charge in [-0.25, -0.2) is 0 Å². The second-order valence-electron chi connectivity index (χ2n) is 5.67. The zero-order valence-corrected chi connectivity index (χ0v) is 16.7. The fraction of sp³-hybridized carbons (Fsp3) is 0.588. The number of hydrogen-bond acceptors (Lipinski definition) is 4. The summed E-state index contributed by atoms with van der Waals surface area (Å²) in [6.45, 7) is 8.78. The van der Waals surface area contributed by atoms with E-state index >= 15 is 0 Å². The average molecular weight is 448 g/mol. The molecule has 0 amide bonds. The highest BCUT2D eigenvalue weighted by atomic mass is 127. The van der Waals surface area contributed by atoms with Gasteiger partial charge in [-0.05, 0) is 31.0 Å². The molecule has 0 spiro atoms. The largest absolute Gasteiger partial charge is 0.492 e. The monoisotopic (exact) mass is 448 g/mol. The maximum atomic E-state index is 5.85. The minimum absolute atomic E-state index is 0. The molecule has 1 fully saturated rings. The van der Waals surface area contributed by atoms with Crippen LogP contribution in [0.25, 0.3) is 0 Å². The molecular formula is C17H29IN4O2. The molecule has 1 aromatic carbocycles. The van der Waals surface area contributed by atoms with Crippen molar-refractivity contribution in [3.8, 4) is 5.75 Å². The Morgan fingerprint density at radius 3 is 2.92 bits per heavy atom. The van der Waals surface area contributed by atoms with Crippen LogP contribution in [0.4, 0.5) is 0 Å². The molecule has 1 aliphatic rings. The topological polar surface area (TPSA) is 72.1 Å². The van der Waals surface area contributed by atoms with Crippen LogP contribution in [0.2, 0.25) is 0 Å². The van der Waals surface area contributed by atoms with E-state index in [0.29, 0.717) is 19.1 Å². The summed E-state index contributed by atoms with van der Waals surface area (Å²) in [6.07, 6.45) is 1.02. The van der Waals surface area contributed by atoms with Crippen molar-refractivity contribution in [2.75, 3.05) is 52.5 Å². The van der Waals surface area contributed by atoms with Crippen LogP contribution in [0.3, 0.4) is 0 Å². The first-order chi connectivity index (χ1) is 11.2. The Morgan fingerprint density at radius 1 is 1.38 bits per heavy atom. The van der Waals surface area contributed by atoms with Crippen molar-refractivity contribution in [3.05, 3.63) is 29.8 Å². The Balaban J connectivity index is 0.00000288. The number of hydrogen-bond donors (Lipinski definition) is 2. The molecule has 0 atom stereocenters. The highest BCUT2D eigenvalue weighted by Gasteiger charge is 2.08. The van der Waals surface area contributed by atoms with Crippen molar-refractivity contribution in [1.29, 1.82) is 0 Å². The summed E-state index contributed by atoms with van der Waals surface area (Å²) in [5.41, 5.74) is 7.04.